The van der Waals surface area contributed by atoms with Crippen molar-refractivity contribution in [1.29, 1.82) is 0 Å². The molecule has 0 amide bonds. The minimum atomic E-state index is -0.503. The van der Waals surface area contributed by atoms with Crippen molar-refractivity contribution >= 4 is 22.6 Å². The zero-order chi connectivity index (χ0) is 22.2. The highest BCUT2D eigenvalue weighted by Gasteiger charge is 2.27. The molecule has 6 nitrogen and oxygen atoms in total. The fourth-order valence-corrected chi connectivity index (χ4v) is 3.49. The van der Waals surface area contributed by atoms with Gasteiger partial charge in [-0.3, -0.25) is 4.99 Å². The van der Waals surface area contributed by atoms with Crippen LogP contribution in [0, 0.1) is 12.7 Å². The van der Waals surface area contributed by atoms with E-state index in [9.17, 15) is 4.39 Å². The fraction of sp³-hybridized carbons (Fsp3) is 0.250. The molecular formula is C24H25FN6. The first-order chi connectivity index (χ1) is 14.8. The van der Waals surface area contributed by atoms with Crippen LogP contribution in [0.15, 0.2) is 59.9 Å². The summed E-state index contributed by atoms with van der Waals surface area (Å²) in [5, 5.41) is 5.62. The molecule has 0 aliphatic carbocycles. The van der Waals surface area contributed by atoms with Gasteiger partial charge in [0.2, 0.25) is 0 Å². The lowest BCUT2D eigenvalue weighted by atomic mass is 10.1. The summed E-state index contributed by atoms with van der Waals surface area (Å²) >= 11 is 0. The molecule has 2 N–H and O–H groups in total. The quantitative estimate of drug-likeness (QED) is 0.475. The highest BCUT2D eigenvalue weighted by atomic mass is 19.1. The molecule has 0 bridgehead atoms. The van der Waals surface area contributed by atoms with E-state index in [0.717, 1.165) is 27.9 Å². The maximum atomic E-state index is 13.6. The summed E-state index contributed by atoms with van der Waals surface area (Å²) in [7, 11) is 0. The normalized spacial score (nSPS) is 12.5. The van der Waals surface area contributed by atoms with E-state index in [2.05, 4.69) is 9.97 Å². The van der Waals surface area contributed by atoms with E-state index in [4.69, 9.17) is 15.8 Å². The van der Waals surface area contributed by atoms with Crippen LogP contribution < -0.4 is 5.73 Å². The molecule has 0 spiro atoms. The number of nitrogen functional groups attached to an aromatic ring is 1. The van der Waals surface area contributed by atoms with Gasteiger partial charge in [0.05, 0.1) is 17.5 Å². The number of aryl methyl sites for hydroxylation is 1. The molecule has 0 radical (unpaired) electrons. The minimum absolute atomic E-state index is 0.278. The lowest BCUT2D eigenvalue weighted by Gasteiger charge is -2.24. The average Bonchev–Trinajstić information content (AvgIpc) is 3.15. The Morgan fingerprint density at radius 3 is 2.58 bits per heavy atom. The van der Waals surface area contributed by atoms with Crippen LogP contribution in [0.25, 0.3) is 22.3 Å². The molecule has 0 saturated carbocycles. The third kappa shape index (κ3) is 4.03. The zero-order valence-corrected chi connectivity index (χ0v) is 18.1. The predicted molar refractivity (Wildman–Crippen MR) is 123 cm³/mol. The predicted octanol–water partition coefficient (Wildman–Crippen LogP) is 4.77. The highest BCUT2D eigenvalue weighted by Crippen LogP contribution is 2.33. The zero-order valence-electron chi connectivity index (χ0n) is 18.1. The Kier molecular flexibility index (Phi) is 5.27. The van der Waals surface area contributed by atoms with Crippen LogP contribution >= 0.6 is 0 Å². The SMILES string of the molecule is CC(=NCC(C)(C)n1nc(-c2ccc(C)cc2)c2c(N)ncnc21)c1cccc(F)c1. The first-order valence-corrected chi connectivity index (χ1v) is 10.1. The molecule has 0 unspecified atom stereocenters. The number of nitrogens with two attached hydrogens (primary N) is 1. The first kappa shape index (κ1) is 20.7. The van der Waals surface area contributed by atoms with Gasteiger partial charge in [-0.05, 0) is 45.4 Å². The fourth-order valence-electron chi connectivity index (χ4n) is 3.49. The van der Waals surface area contributed by atoms with E-state index >= 15 is 0 Å². The van der Waals surface area contributed by atoms with Crippen molar-refractivity contribution in [1.82, 2.24) is 19.7 Å². The number of hydrogen-bond acceptors (Lipinski definition) is 5. The van der Waals surface area contributed by atoms with Gasteiger partial charge in [0.25, 0.3) is 0 Å². The molecule has 4 aromatic rings. The second-order valence-electron chi connectivity index (χ2n) is 8.31. The average molecular weight is 417 g/mol. The van der Waals surface area contributed by atoms with Crippen molar-refractivity contribution in [3.63, 3.8) is 0 Å². The first-order valence-electron chi connectivity index (χ1n) is 10.1. The molecule has 7 heteroatoms. The monoisotopic (exact) mass is 416 g/mol. The summed E-state index contributed by atoms with van der Waals surface area (Å²) in [6.07, 6.45) is 1.45. The van der Waals surface area contributed by atoms with Crippen molar-refractivity contribution < 1.29 is 4.39 Å². The molecule has 0 atom stereocenters. The molecule has 0 aliphatic rings. The number of hydrogen-bond donors (Lipinski definition) is 1. The molecule has 0 fully saturated rings. The third-order valence-corrected chi connectivity index (χ3v) is 5.34. The number of aromatic nitrogens is 4. The molecule has 158 valence electrons. The summed E-state index contributed by atoms with van der Waals surface area (Å²) in [5.74, 6) is 0.112. The smallest absolute Gasteiger partial charge is 0.164 e. The summed E-state index contributed by atoms with van der Waals surface area (Å²) in [5.41, 5.74) is 10.8. The van der Waals surface area contributed by atoms with Gasteiger partial charge in [-0.25, -0.2) is 19.0 Å². The van der Waals surface area contributed by atoms with E-state index in [0.29, 0.717) is 18.0 Å². The van der Waals surface area contributed by atoms with Crippen molar-refractivity contribution in [2.45, 2.75) is 33.2 Å². The van der Waals surface area contributed by atoms with Crippen LogP contribution in [-0.4, -0.2) is 32.0 Å². The Hall–Kier alpha value is -3.61. The molecular weight excluding hydrogens is 391 g/mol. The van der Waals surface area contributed by atoms with E-state index in [1.165, 1.54) is 24.0 Å². The van der Waals surface area contributed by atoms with Crippen LogP contribution in [0.2, 0.25) is 0 Å². The molecule has 2 aromatic heterocycles. The maximum absolute atomic E-state index is 13.6. The molecule has 31 heavy (non-hydrogen) atoms. The number of rotatable bonds is 5. The molecule has 2 aromatic carbocycles. The number of aliphatic imine (C=N–C) groups is 1. The third-order valence-electron chi connectivity index (χ3n) is 5.34. The van der Waals surface area contributed by atoms with Crippen LogP contribution in [0.3, 0.4) is 0 Å². The number of nitrogens with zero attached hydrogens (tertiary/aromatic N) is 5. The van der Waals surface area contributed by atoms with Crippen LogP contribution in [0.1, 0.15) is 31.9 Å². The number of benzene rings is 2. The van der Waals surface area contributed by atoms with Crippen molar-refractivity contribution in [2.24, 2.45) is 4.99 Å². The lowest BCUT2D eigenvalue weighted by Crippen LogP contribution is -2.31. The van der Waals surface area contributed by atoms with Crippen molar-refractivity contribution in [3.05, 3.63) is 71.8 Å². The molecule has 0 saturated heterocycles. The number of fused-ring (bicyclic) bond motifs is 1. The van der Waals surface area contributed by atoms with Gasteiger partial charge in [0.15, 0.2) is 5.65 Å². The van der Waals surface area contributed by atoms with Gasteiger partial charge in [-0.15, -0.1) is 0 Å². The number of anilines is 1. The second-order valence-corrected chi connectivity index (χ2v) is 8.31. The summed E-state index contributed by atoms with van der Waals surface area (Å²) in [6, 6.07) is 14.6. The van der Waals surface area contributed by atoms with Crippen LogP contribution in [-0.2, 0) is 5.54 Å². The van der Waals surface area contributed by atoms with Gasteiger partial charge in [-0.1, -0.05) is 42.0 Å². The topological polar surface area (TPSA) is 82.0 Å². The standard InChI is InChI=1S/C24H25FN6/c1-15-8-10-17(11-9-15)21-20-22(26)28-14-29-23(20)31(30-21)24(3,4)13-27-16(2)18-6-5-7-19(25)12-18/h5-12,14H,13H2,1-4H3,(H2,26,28,29). The Bertz CT molecular complexity index is 1270. The van der Waals surface area contributed by atoms with E-state index < -0.39 is 5.54 Å². The van der Waals surface area contributed by atoms with Gasteiger partial charge in [-0.2, -0.15) is 5.10 Å². The number of halogens is 1. The van der Waals surface area contributed by atoms with Gasteiger partial charge >= 0.3 is 0 Å². The maximum Gasteiger partial charge on any atom is 0.164 e. The van der Waals surface area contributed by atoms with Crippen LogP contribution in [0.5, 0.6) is 0 Å². The van der Waals surface area contributed by atoms with Gasteiger partial charge < -0.3 is 5.73 Å². The molecule has 4 rings (SSSR count). The van der Waals surface area contributed by atoms with Gasteiger partial charge in [0.1, 0.15) is 23.7 Å². The Balaban J connectivity index is 1.77. The molecule has 0 aliphatic heterocycles. The summed E-state index contributed by atoms with van der Waals surface area (Å²) < 4.78 is 15.4. The Labute approximate surface area is 180 Å². The summed E-state index contributed by atoms with van der Waals surface area (Å²) in [4.78, 5) is 13.4. The Morgan fingerprint density at radius 1 is 1.13 bits per heavy atom. The lowest BCUT2D eigenvalue weighted by molar-refractivity contribution is 0.341. The largest absolute Gasteiger partial charge is 0.383 e. The molecule has 2 heterocycles. The minimum Gasteiger partial charge on any atom is -0.383 e. The van der Waals surface area contributed by atoms with E-state index in [1.54, 1.807) is 6.07 Å². The van der Waals surface area contributed by atoms with E-state index in [1.807, 2.05) is 62.7 Å². The second kappa shape index (κ2) is 7.91. The highest BCUT2D eigenvalue weighted by molar-refractivity contribution is 5.99. The van der Waals surface area contributed by atoms with E-state index in [-0.39, 0.29) is 5.82 Å². The van der Waals surface area contributed by atoms with Crippen LogP contribution in [0.4, 0.5) is 10.2 Å². The van der Waals surface area contributed by atoms with Crippen molar-refractivity contribution in [3.8, 4) is 11.3 Å². The Morgan fingerprint density at radius 2 is 1.87 bits per heavy atom. The van der Waals surface area contributed by atoms with Crippen molar-refractivity contribution in [2.75, 3.05) is 12.3 Å². The summed E-state index contributed by atoms with van der Waals surface area (Å²) in [6.45, 7) is 8.44. The van der Waals surface area contributed by atoms with Gasteiger partial charge in [0, 0.05) is 11.3 Å².